The zero-order valence-electron chi connectivity index (χ0n) is 7.77. The molecule has 3 nitrogen and oxygen atoms in total. The lowest BCUT2D eigenvalue weighted by Crippen LogP contribution is -2.13. The Bertz CT molecular complexity index is 334. The molecule has 1 heterocycles. The molecule has 0 saturated heterocycles. The smallest absolute Gasteiger partial charge is 0.105 e. The van der Waals surface area contributed by atoms with Gasteiger partial charge in [-0.3, -0.25) is 0 Å². The van der Waals surface area contributed by atoms with Crippen LogP contribution >= 0.6 is 0 Å². The maximum Gasteiger partial charge on any atom is 0.105 e. The quantitative estimate of drug-likeness (QED) is 0.655. The van der Waals surface area contributed by atoms with Crippen LogP contribution < -0.4 is 0 Å². The zero-order chi connectivity index (χ0) is 9.26. The number of nitriles is 1. The molecule has 1 aromatic heterocycles. The first kappa shape index (κ1) is 8.31. The number of hydrogen-bond donors (Lipinski definition) is 0. The highest BCUT2D eigenvalue weighted by atomic mass is 15.1. The minimum absolute atomic E-state index is 0.188. The molecule has 2 atom stereocenters. The Hall–Kier alpha value is -1.30. The molecule has 68 valence electrons. The molecule has 0 aliphatic heterocycles. The third-order valence-electron chi connectivity index (χ3n) is 2.86. The van der Waals surface area contributed by atoms with Crippen LogP contribution in [-0.4, -0.2) is 9.55 Å². The summed E-state index contributed by atoms with van der Waals surface area (Å²) in [5.74, 6) is 1.21. The molecule has 1 fully saturated rings. The summed E-state index contributed by atoms with van der Waals surface area (Å²) in [7, 11) is 0. The maximum absolute atomic E-state index is 8.94. The van der Waals surface area contributed by atoms with Gasteiger partial charge < -0.3 is 4.57 Å². The molecule has 2 rings (SSSR count). The topological polar surface area (TPSA) is 41.6 Å². The molecule has 1 aliphatic carbocycles. The van der Waals surface area contributed by atoms with Crippen molar-refractivity contribution in [3.8, 4) is 6.07 Å². The molecule has 1 aromatic rings. The number of imidazole rings is 1. The second kappa shape index (κ2) is 3.21. The Labute approximate surface area is 78.0 Å². The van der Waals surface area contributed by atoms with Crippen LogP contribution in [0, 0.1) is 24.2 Å². The predicted molar refractivity (Wildman–Crippen MR) is 49.0 cm³/mol. The first-order valence-electron chi connectivity index (χ1n) is 4.72. The largest absolute Gasteiger partial charge is 0.331 e. The van der Waals surface area contributed by atoms with Crippen molar-refractivity contribution in [1.82, 2.24) is 9.55 Å². The van der Waals surface area contributed by atoms with Gasteiger partial charge in [0, 0.05) is 12.4 Å². The van der Waals surface area contributed by atoms with E-state index < -0.39 is 0 Å². The van der Waals surface area contributed by atoms with Crippen molar-refractivity contribution < 1.29 is 0 Å². The van der Waals surface area contributed by atoms with E-state index in [1.165, 1.54) is 6.42 Å². The molecule has 13 heavy (non-hydrogen) atoms. The van der Waals surface area contributed by atoms with Gasteiger partial charge in [0.15, 0.2) is 0 Å². The van der Waals surface area contributed by atoms with E-state index in [9.17, 15) is 0 Å². The van der Waals surface area contributed by atoms with Crippen molar-refractivity contribution in [3.05, 3.63) is 18.2 Å². The second-order valence-electron chi connectivity index (χ2n) is 3.62. The fraction of sp³-hybridized carbons (Fsp3) is 0.600. The van der Waals surface area contributed by atoms with Crippen LogP contribution in [0.25, 0.3) is 0 Å². The van der Waals surface area contributed by atoms with Crippen molar-refractivity contribution in [1.29, 1.82) is 5.26 Å². The van der Waals surface area contributed by atoms with Gasteiger partial charge in [0.05, 0.1) is 18.0 Å². The van der Waals surface area contributed by atoms with Crippen molar-refractivity contribution >= 4 is 0 Å². The molecule has 0 radical (unpaired) electrons. The number of aromatic nitrogens is 2. The highest BCUT2D eigenvalue weighted by Gasteiger charge is 2.28. The average molecular weight is 175 g/mol. The van der Waals surface area contributed by atoms with Crippen LogP contribution in [0.5, 0.6) is 0 Å². The van der Waals surface area contributed by atoms with E-state index in [1.807, 2.05) is 19.3 Å². The van der Waals surface area contributed by atoms with Crippen LogP contribution in [-0.2, 0) is 0 Å². The van der Waals surface area contributed by atoms with Gasteiger partial charge in [-0.05, 0) is 26.2 Å². The van der Waals surface area contributed by atoms with Crippen LogP contribution in [0.4, 0.5) is 0 Å². The Morgan fingerprint density at radius 2 is 2.46 bits per heavy atom. The first-order chi connectivity index (χ1) is 6.33. The number of hydrogen-bond acceptors (Lipinski definition) is 2. The van der Waals surface area contributed by atoms with Gasteiger partial charge in [0.25, 0.3) is 0 Å². The van der Waals surface area contributed by atoms with Gasteiger partial charge in [-0.15, -0.1) is 0 Å². The van der Waals surface area contributed by atoms with Gasteiger partial charge >= 0.3 is 0 Å². The number of aryl methyl sites for hydroxylation is 1. The zero-order valence-corrected chi connectivity index (χ0v) is 7.77. The molecule has 0 spiro atoms. The van der Waals surface area contributed by atoms with E-state index in [-0.39, 0.29) is 5.92 Å². The van der Waals surface area contributed by atoms with Gasteiger partial charge in [0.2, 0.25) is 0 Å². The second-order valence-corrected chi connectivity index (χ2v) is 3.62. The fourth-order valence-corrected chi connectivity index (χ4v) is 2.16. The maximum atomic E-state index is 8.94. The standard InChI is InChI=1S/C10H13N3/c1-8-12-5-6-13(8)10-4-2-3-9(10)7-11/h5-6,9-10H,2-4H2,1H3. The van der Waals surface area contributed by atoms with Crippen LogP contribution in [0.1, 0.15) is 31.1 Å². The van der Waals surface area contributed by atoms with Crippen molar-refractivity contribution in [2.24, 2.45) is 5.92 Å². The molecule has 0 amide bonds. The van der Waals surface area contributed by atoms with Gasteiger partial charge in [-0.1, -0.05) is 0 Å². The van der Waals surface area contributed by atoms with E-state index >= 15 is 0 Å². The summed E-state index contributed by atoms with van der Waals surface area (Å²) in [6.45, 7) is 1.99. The Balaban J connectivity index is 2.27. The minimum atomic E-state index is 0.188. The molecule has 0 aromatic carbocycles. The van der Waals surface area contributed by atoms with Crippen LogP contribution in [0.3, 0.4) is 0 Å². The SMILES string of the molecule is Cc1nccn1C1CCCC1C#N. The third-order valence-corrected chi connectivity index (χ3v) is 2.86. The molecule has 3 heteroatoms. The Morgan fingerprint density at radius 1 is 1.62 bits per heavy atom. The fourth-order valence-electron chi connectivity index (χ4n) is 2.16. The summed E-state index contributed by atoms with van der Waals surface area (Å²) in [5, 5.41) is 8.94. The van der Waals surface area contributed by atoms with Gasteiger partial charge in [0.1, 0.15) is 5.82 Å². The minimum Gasteiger partial charge on any atom is -0.331 e. The Kier molecular flexibility index (Phi) is 2.05. The van der Waals surface area contributed by atoms with Crippen molar-refractivity contribution in [2.75, 3.05) is 0 Å². The molecular weight excluding hydrogens is 162 g/mol. The van der Waals surface area contributed by atoms with E-state index in [1.54, 1.807) is 0 Å². The van der Waals surface area contributed by atoms with E-state index in [4.69, 9.17) is 5.26 Å². The van der Waals surface area contributed by atoms with Crippen molar-refractivity contribution in [2.45, 2.75) is 32.2 Å². The summed E-state index contributed by atoms with van der Waals surface area (Å²) in [6.07, 6.45) is 7.12. The highest BCUT2D eigenvalue weighted by Crippen LogP contribution is 2.35. The molecule has 1 saturated carbocycles. The third kappa shape index (κ3) is 1.33. The highest BCUT2D eigenvalue weighted by molar-refractivity contribution is 5.01. The monoisotopic (exact) mass is 175 g/mol. The van der Waals surface area contributed by atoms with Crippen LogP contribution in [0.2, 0.25) is 0 Å². The lowest BCUT2D eigenvalue weighted by Gasteiger charge is -2.16. The summed E-state index contributed by atoms with van der Waals surface area (Å²) in [6, 6.07) is 2.75. The molecule has 2 unspecified atom stereocenters. The van der Waals surface area contributed by atoms with E-state index in [0.29, 0.717) is 6.04 Å². The van der Waals surface area contributed by atoms with Crippen LogP contribution in [0.15, 0.2) is 12.4 Å². The Morgan fingerprint density at radius 3 is 3.08 bits per heavy atom. The summed E-state index contributed by atoms with van der Waals surface area (Å²) in [4.78, 5) is 4.18. The normalized spacial score (nSPS) is 27.4. The van der Waals surface area contributed by atoms with E-state index in [2.05, 4.69) is 15.6 Å². The van der Waals surface area contributed by atoms with Gasteiger partial charge in [-0.25, -0.2) is 4.98 Å². The number of rotatable bonds is 1. The average Bonchev–Trinajstić information content (AvgIpc) is 2.71. The van der Waals surface area contributed by atoms with Crippen molar-refractivity contribution in [3.63, 3.8) is 0 Å². The molecule has 0 N–H and O–H groups in total. The summed E-state index contributed by atoms with van der Waals surface area (Å²) < 4.78 is 2.14. The molecule has 0 bridgehead atoms. The van der Waals surface area contributed by atoms with E-state index in [0.717, 1.165) is 18.7 Å². The molecule has 1 aliphatic rings. The predicted octanol–water partition coefficient (Wildman–Crippen LogP) is 2.06. The summed E-state index contributed by atoms with van der Waals surface area (Å²) in [5.41, 5.74) is 0. The first-order valence-corrected chi connectivity index (χ1v) is 4.72. The summed E-state index contributed by atoms with van der Waals surface area (Å²) >= 11 is 0. The molecular formula is C10H13N3. The number of nitrogens with zero attached hydrogens (tertiary/aromatic N) is 3. The lowest BCUT2D eigenvalue weighted by molar-refractivity contribution is 0.440. The lowest BCUT2D eigenvalue weighted by atomic mass is 10.1. The van der Waals surface area contributed by atoms with Gasteiger partial charge in [-0.2, -0.15) is 5.26 Å².